The molecule has 0 radical (unpaired) electrons. The van der Waals surface area contributed by atoms with Crippen molar-refractivity contribution in [2.45, 2.75) is 60.6 Å². The van der Waals surface area contributed by atoms with E-state index in [4.69, 9.17) is 0 Å². The Bertz CT molecular complexity index is 811. The minimum Gasteiger partial charge on any atom is -0.371 e. The van der Waals surface area contributed by atoms with Crippen LogP contribution in [0.1, 0.15) is 50.2 Å². The fourth-order valence-corrected chi connectivity index (χ4v) is 7.69. The first-order valence-corrected chi connectivity index (χ1v) is 10.5. The molecule has 3 aliphatic rings. The number of para-hydroxylation sites is 1. The smallest absolute Gasteiger partial charge is 0.0402 e. The first-order valence-electron chi connectivity index (χ1n) is 9.65. The van der Waals surface area contributed by atoms with E-state index in [-0.39, 0.29) is 5.41 Å². The van der Waals surface area contributed by atoms with Crippen molar-refractivity contribution in [2.75, 3.05) is 11.9 Å². The van der Waals surface area contributed by atoms with E-state index in [1.807, 2.05) is 0 Å². The number of rotatable bonds is 0. The summed E-state index contributed by atoms with van der Waals surface area (Å²) >= 11 is 2.16. The van der Waals surface area contributed by atoms with Crippen LogP contribution >= 0.6 is 11.8 Å². The summed E-state index contributed by atoms with van der Waals surface area (Å²) in [7, 11) is 2.32. The number of nitrogens with zero attached hydrogens (tertiary/aromatic N) is 1. The van der Waals surface area contributed by atoms with Gasteiger partial charge in [0.25, 0.3) is 0 Å². The molecular weight excluding hydrogens is 322 g/mol. The fraction of sp³-hybridized carbons (Fsp3) is 0.478. The standard InChI is InChI=1S/C23H27NS/c1-23(2)17-9-5-7-11-21(17)25-22-14-20-16(12-13-18(22)23)15-8-4-6-10-19(15)24(20)3/h4-11,16,18,20,22H,12-14H2,1-3H3. The lowest BCUT2D eigenvalue weighted by molar-refractivity contribution is 0.279. The maximum Gasteiger partial charge on any atom is 0.0402 e. The maximum absolute atomic E-state index is 2.58. The Morgan fingerprint density at radius 2 is 1.76 bits per heavy atom. The highest BCUT2D eigenvalue weighted by molar-refractivity contribution is 8.00. The molecule has 0 aromatic heterocycles. The lowest BCUT2D eigenvalue weighted by Crippen LogP contribution is -2.41. The highest BCUT2D eigenvalue weighted by atomic mass is 32.2. The van der Waals surface area contributed by atoms with Crippen LogP contribution in [0, 0.1) is 5.92 Å². The second-order valence-corrected chi connectivity index (χ2v) is 9.92. The van der Waals surface area contributed by atoms with Crippen LogP contribution in [0.25, 0.3) is 0 Å². The van der Waals surface area contributed by atoms with E-state index in [0.717, 1.165) is 11.2 Å². The van der Waals surface area contributed by atoms with Gasteiger partial charge >= 0.3 is 0 Å². The third-order valence-electron chi connectivity index (χ3n) is 7.18. The van der Waals surface area contributed by atoms with E-state index < -0.39 is 0 Å². The topological polar surface area (TPSA) is 3.24 Å². The average molecular weight is 350 g/mol. The van der Waals surface area contributed by atoms with E-state index in [2.05, 4.69) is 86.1 Å². The maximum atomic E-state index is 2.58. The summed E-state index contributed by atoms with van der Waals surface area (Å²) in [5, 5.41) is 0.733. The van der Waals surface area contributed by atoms with Crippen LogP contribution in [0.2, 0.25) is 0 Å². The third-order valence-corrected chi connectivity index (χ3v) is 8.61. The van der Waals surface area contributed by atoms with Gasteiger partial charge in [0.15, 0.2) is 0 Å². The van der Waals surface area contributed by atoms with Gasteiger partial charge in [-0.25, -0.2) is 0 Å². The van der Waals surface area contributed by atoms with Gasteiger partial charge in [-0.3, -0.25) is 0 Å². The molecule has 0 N–H and O–H groups in total. The van der Waals surface area contributed by atoms with Crippen molar-refractivity contribution in [3.05, 3.63) is 59.7 Å². The summed E-state index contributed by atoms with van der Waals surface area (Å²) in [6, 6.07) is 18.9. The van der Waals surface area contributed by atoms with E-state index in [9.17, 15) is 0 Å². The van der Waals surface area contributed by atoms with Crippen LogP contribution in [0.3, 0.4) is 0 Å². The SMILES string of the molecule is CN1c2ccccc2C2CCC3C(CC21)Sc1ccccc1C3(C)C. The second kappa shape index (κ2) is 5.54. The van der Waals surface area contributed by atoms with Crippen molar-refractivity contribution in [1.82, 2.24) is 0 Å². The molecule has 2 aromatic rings. The van der Waals surface area contributed by atoms with Gasteiger partial charge in [-0.1, -0.05) is 50.2 Å². The van der Waals surface area contributed by atoms with Gasteiger partial charge in [-0.2, -0.15) is 0 Å². The molecule has 0 bridgehead atoms. The molecule has 1 saturated carbocycles. The predicted octanol–water partition coefficient (Wildman–Crippen LogP) is 5.84. The molecule has 2 heterocycles. The monoisotopic (exact) mass is 349 g/mol. The third kappa shape index (κ3) is 2.23. The number of thioether (sulfide) groups is 1. The Labute approximate surface area is 155 Å². The van der Waals surface area contributed by atoms with E-state index in [1.54, 1.807) is 11.1 Å². The lowest BCUT2D eigenvalue weighted by Gasteiger charge is -2.45. The van der Waals surface area contributed by atoms with E-state index >= 15 is 0 Å². The zero-order valence-electron chi connectivity index (χ0n) is 15.4. The Morgan fingerprint density at radius 3 is 2.64 bits per heavy atom. The van der Waals surface area contributed by atoms with Gasteiger partial charge in [-0.15, -0.1) is 11.8 Å². The highest BCUT2D eigenvalue weighted by Crippen LogP contribution is 2.57. The van der Waals surface area contributed by atoms with Crippen LogP contribution in [-0.2, 0) is 5.41 Å². The number of hydrogen-bond acceptors (Lipinski definition) is 2. The molecule has 5 rings (SSSR count). The molecule has 25 heavy (non-hydrogen) atoms. The molecular formula is C23H27NS. The highest BCUT2D eigenvalue weighted by Gasteiger charge is 2.48. The number of benzene rings is 2. The summed E-state index contributed by atoms with van der Waals surface area (Å²) in [5.41, 5.74) is 4.91. The average Bonchev–Trinajstić information content (AvgIpc) is 2.77. The van der Waals surface area contributed by atoms with Gasteiger partial charge in [0.05, 0.1) is 0 Å². The normalized spacial score (nSPS) is 32.2. The van der Waals surface area contributed by atoms with Crippen molar-refractivity contribution >= 4 is 17.4 Å². The Kier molecular flexibility index (Phi) is 3.51. The number of anilines is 1. The minimum atomic E-state index is 0.281. The number of fused-ring (bicyclic) bond motifs is 5. The molecule has 2 aromatic carbocycles. The fourth-order valence-electron chi connectivity index (χ4n) is 5.82. The quantitative estimate of drug-likeness (QED) is 0.588. The second-order valence-electron chi connectivity index (χ2n) is 8.64. The molecule has 4 atom stereocenters. The molecule has 2 aliphatic heterocycles. The van der Waals surface area contributed by atoms with Crippen molar-refractivity contribution < 1.29 is 0 Å². The van der Waals surface area contributed by atoms with Gasteiger partial charge in [-0.05, 0) is 53.9 Å². The van der Waals surface area contributed by atoms with Crippen molar-refractivity contribution in [1.29, 1.82) is 0 Å². The molecule has 1 aliphatic carbocycles. The van der Waals surface area contributed by atoms with Gasteiger partial charge in [0, 0.05) is 34.8 Å². The van der Waals surface area contributed by atoms with Crippen LogP contribution in [0.4, 0.5) is 5.69 Å². The largest absolute Gasteiger partial charge is 0.371 e. The number of hydrogen-bond donors (Lipinski definition) is 0. The van der Waals surface area contributed by atoms with Crippen LogP contribution in [-0.4, -0.2) is 18.3 Å². The first kappa shape index (κ1) is 15.8. The van der Waals surface area contributed by atoms with Crippen molar-refractivity contribution in [3.8, 4) is 0 Å². The minimum absolute atomic E-state index is 0.281. The van der Waals surface area contributed by atoms with E-state index in [0.29, 0.717) is 12.0 Å². The Morgan fingerprint density at radius 1 is 1.00 bits per heavy atom. The summed E-state index contributed by atoms with van der Waals surface area (Å²) in [6.45, 7) is 4.98. The van der Waals surface area contributed by atoms with Crippen molar-refractivity contribution in [3.63, 3.8) is 0 Å². The lowest BCUT2D eigenvalue weighted by atomic mass is 9.69. The first-order chi connectivity index (χ1) is 12.1. The zero-order chi connectivity index (χ0) is 17.2. The predicted molar refractivity (Wildman–Crippen MR) is 108 cm³/mol. The Balaban J connectivity index is 1.54. The van der Waals surface area contributed by atoms with E-state index in [1.165, 1.54) is 29.8 Å². The molecule has 130 valence electrons. The molecule has 1 nitrogen and oxygen atoms in total. The Hall–Kier alpha value is -1.41. The summed E-state index contributed by atoms with van der Waals surface area (Å²) in [6.07, 6.45) is 3.99. The molecule has 0 saturated heterocycles. The van der Waals surface area contributed by atoms with Crippen molar-refractivity contribution in [2.24, 2.45) is 5.92 Å². The van der Waals surface area contributed by atoms with Crippen LogP contribution < -0.4 is 4.90 Å². The molecule has 2 heteroatoms. The molecule has 0 spiro atoms. The van der Waals surface area contributed by atoms with Crippen LogP contribution in [0.5, 0.6) is 0 Å². The van der Waals surface area contributed by atoms with Gasteiger partial charge < -0.3 is 4.90 Å². The molecule has 4 unspecified atom stereocenters. The van der Waals surface area contributed by atoms with Gasteiger partial charge in [0.2, 0.25) is 0 Å². The zero-order valence-corrected chi connectivity index (χ0v) is 16.2. The summed E-state index contributed by atoms with van der Waals surface area (Å²) in [4.78, 5) is 4.10. The summed E-state index contributed by atoms with van der Waals surface area (Å²) < 4.78 is 0. The van der Waals surface area contributed by atoms with Crippen LogP contribution in [0.15, 0.2) is 53.4 Å². The van der Waals surface area contributed by atoms with Gasteiger partial charge in [0.1, 0.15) is 0 Å². The molecule has 0 amide bonds. The number of likely N-dealkylation sites (N-methyl/N-ethyl adjacent to an activating group) is 1. The molecule has 1 fully saturated rings. The summed E-state index contributed by atoms with van der Waals surface area (Å²) in [5.74, 6) is 1.49.